The second-order valence-corrected chi connectivity index (χ2v) is 8.10. The Morgan fingerprint density at radius 1 is 1.20 bits per heavy atom. The van der Waals surface area contributed by atoms with Crippen molar-refractivity contribution >= 4 is 21.1 Å². The van der Waals surface area contributed by atoms with Gasteiger partial charge in [0.1, 0.15) is 0 Å². The van der Waals surface area contributed by atoms with Crippen molar-refractivity contribution in [3.63, 3.8) is 0 Å². The van der Waals surface area contributed by atoms with Crippen LogP contribution in [0.3, 0.4) is 0 Å². The van der Waals surface area contributed by atoms with Gasteiger partial charge in [0.2, 0.25) is 0 Å². The zero-order chi connectivity index (χ0) is 11.2. The fourth-order valence-corrected chi connectivity index (χ4v) is 2.31. The van der Waals surface area contributed by atoms with Gasteiger partial charge in [-0.05, 0) is 0 Å². The molecule has 0 amide bonds. The Morgan fingerprint density at radius 2 is 1.93 bits per heavy atom. The SMILES string of the molecule is C=COCCOCCOCC#[C][SnH2][CH2]C. The van der Waals surface area contributed by atoms with Gasteiger partial charge in [-0.1, -0.05) is 0 Å². The first-order chi connectivity index (χ1) is 7.41. The van der Waals surface area contributed by atoms with Gasteiger partial charge in [-0.15, -0.1) is 0 Å². The third-order valence-electron chi connectivity index (χ3n) is 1.51. The first-order valence-corrected chi connectivity index (χ1v) is 10.1. The van der Waals surface area contributed by atoms with Crippen molar-refractivity contribution in [2.75, 3.05) is 33.0 Å². The third kappa shape index (κ3) is 13.8. The van der Waals surface area contributed by atoms with E-state index in [0.29, 0.717) is 33.0 Å². The Balaban J connectivity index is 2.99. The molecule has 0 heterocycles. The molecule has 0 aromatic heterocycles. The average Bonchev–Trinajstić information content (AvgIpc) is 2.26. The summed E-state index contributed by atoms with van der Waals surface area (Å²) < 4.78 is 19.9. The molecule has 0 rings (SSSR count). The fourth-order valence-electron chi connectivity index (χ4n) is 0.798. The van der Waals surface area contributed by atoms with Crippen LogP contribution in [0.2, 0.25) is 4.44 Å². The molecule has 0 aliphatic carbocycles. The summed E-state index contributed by atoms with van der Waals surface area (Å²) in [6.45, 7) is 8.50. The van der Waals surface area contributed by atoms with Crippen molar-refractivity contribution in [2.45, 2.75) is 11.4 Å². The summed E-state index contributed by atoms with van der Waals surface area (Å²) in [5, 5.41) is 0. The Bertz CT molecular complexity index is 196. The molecule has 0 fully saturated rings. The van der Waals surface area contributed by atoms with E-state index in [1.165, 1.54) is 10.7 Å². The van der Waals surface area contributed by atoms with Gasteiger partial charge >= 0.3 is 102 Å². The molecule has 0 saturated heterocycles. The van der Waals surface area contributed by atoms with Crippen LogP contribution in [0.4, 0.5) is 0 Å². The molecule has 0 radical (unpaired) electrons. The van der Waals surface area contributed by atoms with Gasteiger partial charge in [0, 0.05) is 0 Å². The van der Waals surface area contributed by atoms with Crippen molar-refractivity contribution in [1.82, 2.24) is 0 Å². The summed E-state index contributed by atoms with van der Waals surface area (Å²) in [5.41, 5.74) is 0. The van der Waals surface area contributed by atoms with E-state index in [9.17, 15) is 0 Å². The molecular weight excluding hydrogens is 299 g/mol. The second kappa shape index (κ2) is 13.8. The van der Waals surface area contributed by atoms with Crippen LogP contribution >= 0.6 is 0 Å². The molecule has 0 saturated carbocycles. The number of ether oxygens (including phenoxy) is 3. The van der Waals surface area contributed by atoms with Gasteiger partial charge in [-0.25, -0.2) is 0 Å². The van der Waals surface area contributed by atoms with Crippen LogP contribution in [0.5, 0.6) is 0 Å². The van der Waals surface area contributed by atoms with E-state index in [-0.39, 0.29) is 0 Å². The van der Waals surface area contributed by atoms with Crippen LogP contribution in [-0.4, -0.2) is 54.2 Å². The van der Waals surface area contributed by atoms with Crippen LogP contribution in [-0.2, 0) is 14.2 Å². The van der Waals surface area contributed by atoms with Crippen LogP contribution in [0.1, 0.15) is 6.92 Å². The summed E-state index contributed by atoms with van der Waals surface area (Å²) in [6.07, 6.45) is 1.41. The Labute approximate surface area is 102 Å². The molecule has 86 valence electrons. The van der Waals surface area contributed by atoms with Crippen molar-refractivity contribution in [3.05, 3.63) is 12.8 Å². The Morgan fingerprint density at radius 3 is 2.67 bits per heavy atom. The van der Waals surface area contributed by atoms with Gasteiger partial charge < -0.3 is 0 Å². The zero-order valence-corrected chi connectivity index (χ0v) is 13.5. The predicted molar refractivity (Wildman–Crippen MR) is 64.6 cm³/mol. The molecule has 0 aromatic rings. The van der Waals surface area contributed by atoms with Crippen LogP contribution in [0.25, 0.3) is 0 Å². The summed E-state index contributed by atoms with van der Waals surface area (Å²) in [5.74, 6) is 3.03. The van der Waals surface area contributed by atoms with E-state index < -0.39 is 21.1 Å². The summed E-state index contributed by atoms with van der Waals surface area (Å²) in [7, 11) is 0. The first-order valence-electron chi connectivity index (χ1n) is 5.25. The van der Waals surface area contributed by atoms with Crippen LogP contribution in [0.15, 0.2) is 12.8 Å². The molecule has 0 bridgehead atoms. The molecule has 0 aromatic carbocycles. The van der Waals surface area contributed by atoms with Gasteiger partial charge in [0.05, 0.1) is 0 Å². The predicted octanol–water partition coefficient (Wildman–Crippen LogP) is 0.748. The third-order valence-corrected chi connectivity index (χ3v) is 4.36. The zero-order valence-electron chi connectivity index (χ0n) is 9.46. The molecule has 0 atom stereocenters. The molecule has 0 aliphatic heterocycles. The minimum atomic E-state index is -0.680. The molecule has 0 N–H and O–H groups in total. The van der Waals surface area contributed by atoms with E-state index >= 15 is 0 Å². The molecule has 0 unspecified atom stereocenters. The summed E-state index contributed by atoms with van der Waals surface area (Å²) >= 11 is -0.680. The number of rotatable bonds is 9. The molecule has 4 heteroatoms. The number of hydrogen-bond acceptors (Lipinski definition) is 3. The van der Waals surface area contributed by atoms with E-state index in [0.717, 1.165) is 0 Å². The number of hydrogen-bond donors (Lipinski definition) is 0. The maximum absolute atomic E-state index is 5.26. The molecular formula is C11H20O3Sn. The van der Waals surface area contributed by atoms with E-state index in [1.807, 2.05) is 0 Å². The second-order valence-electron chi connectivity index (χ2n) is 2.81. The van der Waals surface area contributed by atoms with Crippen LogP contribution in [0, 0.1) is 9.86 Å². The molecule has 0 spiro atoms. The molecule has 15 heavy (non-hydrogen) atoms. The van der Waals surface area contributed by atoms with Crippen molar-refractivity contribution in [1.29, 1.82) is 0 Å². The van der Waals surface area contributed by atoms with Gasteiger partial charge in [0.25, 0.3) is 0 Å². The quantitative estimate of drug-likeness (QED) is 0.272. The van der Waals surface area contributed by atoms with E-state index in [2.05, 4.69) is 23.4 Å². The van der Waals surface area contributed by atoms with E-state index in [4.69, 9.17) is 14.2 Å². The Hall–Kier alpha value is -0.181. The van der Waals surface area contributed by atoms with Crippen molar-refractivity contribution < 1.29 is 14.2 Å². The minimum absolute atomic E-state index is 0.545. The van der Waals surface area contributed by atoms with Crippen LogP contribution < -0.4 is 0 Å². The normalized spacial score (nSPS) is 9.93. The summed E-state index contributed by atoms with van der Waals surface area (Å²) in [6, 6.07) is 0. The van der Waals surface area contributed by atoms with Gasteiger partial charge in [-0.2, -0.15) is 0 Å². The average molecular weight is 319 g/mol. The molecule has 0 aliphatic rings. The maximum atomic E-state index is 5.26. The first kappa shape index (κ1) is 14.8. The summed E-state index contributed by atoms with van der Waals surface area (Å²) in [4.78, 5) is 0. The van der Waals surface area contributed by atoms with Crippen molar-refractivity contribution in [3.8, 4) is 9.86 Å². The van der Waals surface area contributed by atoms with Gasteiger partial charge in [0.15, 0.2) is 0 Å². The Kier molecular flexibility index (Phi) is 13.7. The topological polar surface area (TPSA) is 27.7 Å². The standard InChI is InChI=1S/C9H13O3.C2H5.Sn.2H/c1-3-5-11-8-9-12-7-6-10-4-2;1-2;;;/h4H,2,5-9H2;1H2,2H3;;;. The monoisotopic (exact) mass is 320 g/mol. The van der Waals surface area contributed by atoms with Gasteiger partial charge in [-0.3, -0.25) is 0 Å². The molecule has 3 nitrogen and oxygen atoms in total. The van der Waals surface area contributed by atoms with E-state index in [1.54, 1.807) is 0 Å². The fraction of sp³-hybridized carbons (Fsp3) is 0.636. The van der Waals surface area contributed by atoms with Crippen molar-refractivity contribution in [2.24, 2.45) is 0 Å².